The van der Waals surface area contributed by atoms with Gasteiger partial charge in [-0.15, -0.1) is 0 Å². The molecule has 2 unspecified atom stereocenters. The first-order valence-electron chi connectivity index (χ1n) is 7.30. The van der Waals surface area contributed by atoms with Gasteiger partial charge in [0.05, 0.1) is 0 Å². The van der Waals surface area contributed by atoms with Gasteiger partial charge in [-0.1, -0.05) is 61.3 Å². The minimum Gasteiger partial charge on any atom is -0.324 e. The van der Waals surface area contributed by atoms with Crippen LogP contribution < -0.4 is 5.73 Å². The third kappa shape index (κ3) is 5.64. The summed E-state index contributed by atoms with van der Waals surface area (Å²) in [6.07, 6.45) is 2.25. The predicted octanol–water partition coefficient (Wildman–Crippen LogP) is 4.21. The summed E-state index contributed by atoms with van der Waals surface area (Å²) < 4.78 is 1.12. The lowest BCUT2D eigenvalue weighted by Crippen LogP contribution is -2.31. The molecule has 2 atom stereocenters. The molecule has 0 aliphatic heterocycles. The molecule has 2 N–H and O–H groups in total. The van der Waals surface area contributed by atoms with E-state index in [0.717, 1.165) is 29.9 Å². The van der Waals surface area contributed by atoms with Crippen molar-refractivity contribution in [2.45, 2.75) is 39.7 Å². The van der Waals surface area contributed by atoms with E-state index < -0.39 is 0 Å². The number of hydrogen-bond acceptors (Lipinski definition) is 2. The quantitative estimate of drug-likeness (QED) is 0.775. The first kappa shape index (κ1) is 16.7. The van der Waals surface area contributed by atoms with Crippen LogP contribution in [0.15, 0.2) is 28.7 Å². The SMILES string of the molecule is CCC(C)CN(CC)CCC(N)c1ccccc1Br. The van der Waals surface area contributed by atoms with Gasteiger partial charge in [0, 0.05) is 17.1 Å². The largest absolute Gasteiger partial charge is 0.324 e. The molecule has 0 bridgehead atoms. The van der Waals surface area contributed by atoms with Crippen molar-refractivity contribution in [2.24, 2.45) is 11.7 Å². The summed E-state index contributed by atoms with van der Waals surface area (Å²) >= 11 is 3.58. The van der Waals surface area contributed by atoms with E-state index >= 15 is 0 Å². The summed E-state index contributed by atoms with van der Waals surface area (Å²) in [5.41, 5.74) is 7.52. The Morgan fingerprint density at radius 1 is 1.26 bits per heavy atom. The van der Waals surface area contributed by atoms with Crippen LogP contribution in [0.25, 0.3) is 0 Å². The number of hydrogen-bond donors (Lipinski definition) is 1. The number of nitrogens with two attached hydrogens (primary N) is 1. The van der Waals surface area contributed by atoms with Crippen molar-refractivity contribution in [3.8, 4) is 0 Å². The van der Waals surface area contributed by atoms with Gasteiger partial charge in [0.1, 0.15) is 0 Å². The van der Waals surface area contributed by atoms with Crippen LogP contribution in [0.4, 0.5) is 0 Å². The molecule has 1 aromatic rings. The number of nitrogens with zero attached hydrogens (tertiary/aromatic N) is 1. The monoisotopic (exact) mass is 326 g/mol. The first-order valence-corrected chi connectivity index (χ1v) is 8.10. The fraction of sp³-hybridized carbons (Fsp3) is 0.625. The Hall–Kier alpha value is -0.380. The lowest BCUT2D eigenvalue weighted by Gasteiger charge is -2.25. The molecule has 0 fully saturated rings. The normalized spacial score (nSPS) is 14.6. The van der Waals surface area contributed by atoms with Crippen molar-refractivity contribution >= 4 is 15.9 Å². The third-order valence-electron chi connectivity index (χ3n) is 3.78. The first-order chi connectivity index (χ1) is 9.08. The van der Waals surface area contributed by atoms with Gasteiger partial charge >= 0.3 is 0 Å². The van der Waals surface area contributed by atoms with Crippen LogP contribution in [0.1, 0.15) is 45.2 Å². The highest BCUT2D eigenvalue weighted by molar-refractivity contribution is 9.10. The summed E-state index contributed by atoms with van der Waals surface area (Å²) in [6.45, 7) is 10.2. The standard InChI is InChI=1S/C16H27BrN2/c1-4-13(3)12-19(5-2)11-10-16(18)14-8-6-7-9-15(14)17/h6-9,13,16H,4-5,10-12,18H2,1-3H3. The van der Waals surface area contributed by atoms with Gasteiger partial charge in [-0.3, -0.25) is 0 Å². The molecule has 0 radical (unpaired) electrons. The minimum atomic E-state index is 0.113. The zero-order chi connectivity index (χ0) is 14.3. The van der Waals surface area contributed by atoms with Crippen molar-refractivity contribution < 1.29 is 0 Å². The van der Waals surface area contributed by atoms with Crippen LogP contribution in [0.5, 0.6) is 0 Å². The fourth-order valence-electron chi connectivity index (χ4n) is 2.20. The van der Waals surface area contributed by atoms with Gasteiger partial charge in [0.25, 0.3) is 0 Å². The summed E-state index contributed by atoms with van der Waals surface area (Å²) in [4.78, 5) is 2.50. The van der Waals surface area contributed by atoms with Crippen molar-refractivity contribution in [3.05, 3.63) is 34.3 Å². The summed E-state index contributed by atoms with van der Waals surface area (Å²) in [5.74, 6) is 0.764. The molecule has 0 spiro atoms. The maximum atomic E-state index is 6.31. The van der Waals surface area contributed by atoms with Gasteiger partial charge < -0.3 is 10.6 Å². The van der Waals surface area contributed by atoms with Crippen LogP contribution in [0.2, 0.25) is 0 Å². The Labute approximate surface area is 126 Å². The molecule has 0 aliphatic carbocycles. The zero-order valence-electron chi connectivity index (χ0n) is 12.4. The molecule has 0 saturated heterocycles. The van der Waals surface area contributed by atoms with Crippen LogP contribution in [0, 0.1) is 5.92 Å². The highest BCUT2D eigenvalue weighted by Crippen LogP contribution is 2.23. The van der Waals surface area contributed by atoms with Crippen LogP contribution in [-0.2, 0) is 0 Å². The van der Waals surface area contributed by atoms with E-state index in [1.54, 1.807) is 0 Å². The van der Waals surface area contributed by atoms with Crippen molar-refractivity contribution in [3.63, 3.8) is 0 Å². The van der Waals surface area contributed by atoms with Gasteiger partial charge in [0.15, 0.2) is 0 Å². The lowest BCUT2D eigenvalue weighted by atomic mass is 10.0. The Morgan fingerprint density at radius 2 is 1.95 bits per heavy atom. The van der Waals surface area contributed by atoms with Crippen LogP contribution >= 0.6 is 15.9 Å². The zero-order valence-corrected chi connectivity index (χ0v) is 14.0. The van der Waals surface area contributed by atoms with E-state index in [1.165, 1.54) is 18.5 Å². The van der Waals surface area contributed by atoms with E-state index in [1.807, 2.05) is 6.07 Å². The van der Waals surface area contributed by atoms with Gasteiger partial charge in [-0.2, -0.15) is 0 Å². The molecule has 0 saturated carbocycles. The Balaban J connectivity index is 2.48. The summed E-state index contributed by atoms with van der Waals surface area (Å²) in [6, 6.07) is 8.37. The average Bonchev–Trinajstić information content (AvgIpc) is 2.43. The van der Waals surface area contributed by atoms with Crippen molar-refractivity contribution in [1.29, 1.82) is 0 Å². The molecular weight excluding hydrogens is 300 g/mol. The number of benzene rings is 1. The molecule has 0 aromatic heterocycles. The van der Waals surface area contributed by atoms with E-state index in [9.17, 15) is 0 Å². The summed E-state index contributed by atoms with van der Waals surface area (Å²) in [7, 11) is 0. The smallest absolute Gasteiger partial charge is 0.0318 e. The molecule has 3 heteroatoms. The van der Waals surface area contributed by atoms with E-state index in [4.69, 9.17) is 5.73 Å². The molecule has 0 amide bonds. The van der Waals surface area contributed by atoms with E-state index in [2.05, 4.69) is 59.8 Å². The van der Waals surface area contributed by atoms with E-state index in [0.29, 0.717) is 0 Å². The molecule has 0 heterocycles. The molecule has 0 aliphatic rings. The maximum Gasteiger partial charge on any atom is 0.0318 e. The minimum absolute atomic E-state index is 0.113. The molecule has 1 rings (SSSR count). The van der Waals surface area contributed by atoms with Gasteiger partial charge in [-0.25, -0.2) is 0 Å². The Kier molecular flexibility index (Phi) is 7.66. The highest BCUT2D eigenvalue weighted by atomic mass is 79.9. The lowest BCUT2D eigenvalue weighted by molar-refractivity contribution is 0.237. The van der Waals surface area contributed by atoms with Gasteiger partial charge in [-0.05, 0) is 37.1 Å². The Morgan fingerprint density at radius 3 is 2.53 bits per heavy atom. The number of halogens is 1. The molecule has 19 heavy (non-hydrogen) atoms. The molecule has 2 nitrogen and oxygen atoms in total. The van der Waals surface area contributed by atoms with Crippen molar-refractivity contribution in [2.75, 3.05) is 19.6 Å². The third-order valence-corrected chi connectivity index (χ3v) is 4.50. The van der Waals surface area contributed by atoms with Crippen molar-refractivity contribution in [1.82, 2.24) is 4.90 Å². The molecular formula is C16H27BrN2. The summed E-state index contributed by atoms with van der Waals surface area (Å²) in [5, 5.41) is 0. The molecule has 108 valence electrons. The maximum absolute atomic E-state index is 6.31. The highest BCUT2D eigenvalue weighted by Gasteiger charge is 2.12. The molecule has 1 aromatic carbocycles. The van der Waals surface area contributed by atoms with Gasteiger partial charge in [0.2, 0.25) is 0 Å². The average molecular weight is 327 g/mol. The second-order valence-electron chi connectivity index (χ2n) is 5.32. The number of rotatable bonds is 8. The topological polar surface area (TPSA) is 29.3 Å². The second kappa shape index (κ2) is 8.72. The van der Waals surface area contributed by atoms with Crippen LogP contribution in [-0.4, -0.2) is 24.5 Å². The predicted molar refractivity (Wildman–Crippen MR) is 87.3 cm³/mol. The Bertz CT molecular complexity index is 368. The van der Waals surface area contributed by atoms with E-state index in [-0.39, 0.29) is 6.04 Å². The van der Waals surface area contributed by atoms with Crippen LogP contribution in [0.3, 0.4) is 0 Å². The fourth-order valence-corrected chi connectivity index (χ4v) is 2.78. The second-order valence-corrected chi connectivity index (χ2v) is 6.18.